The van der Waals surface area contributed by atoms with E-state index in [9.17, 15) is 10.1 Å². The van der Waals surface area contributed by atoms with Crippen LogP contribution in [0.5, 0.6) is 0 Å². The Balaban J connectivity index is 1.91. The van der Waals surface area contributed by atoms with Crippen LogP contribution in [0.15, 0.2) is 36.4 Å². The largest absolute Gasteiger partial charge is 0.310 e. The molecule has 1 atom stereocenters. The maximum absolute atomic E-state index is 10.7. The van der Waals surface area contributed by atoms with Crippen molar-refractivity contribution in [2.45, 2.75) is 31.7 Å². The molecule has 96 valence electrons. The fourth-order valence-corrected chi connectivity index (χ4v) is 2.34. The molecule has 1 N–H and O–H groups in total. The predicted molar refractivity (Wildman–Crippen MR) is 71.6 cm³/mol. The molecule has 1 fully saturated rings. The molecule has 1 aliphatic heterocycles. The van der Waals surface area contributed by atoms with Gasteiger partial charge in [0.05, 0.1) is 4.92 Å². The van der Waals surface area contributed by atoms with Crippen LogP contribution in [-0.4, -0.2) is 17.5 Å². The number of nitro benzene ring substituents is 1. The maximum Gasteiger partial charge on any atom is 0.269 e. The molecule has 1 saturated heterocycles. The van der Waals surface area contributed by atoms with Crippen molar-refractivity contribution >= 4 is 5.69 Å². The number of hydrogen-bond acceptors (Lipinski definition) is 3. The first-order valence-corrected chi connectivity index (χ1v) is 6.31. The zero-order valence-electron chi connectivity index (χ0n) is 10.4. The van der Waals surface area contributed by atoms with Gasteiger partial charge in [-0.3, -0.25) is 10.1 Å². The number of aryl methyl sites for hydroxylation is 1. The lowest BCUT2D eigenvalue weighted by molar-refractivity contribution is -0.384. The lowest BCUT2D eigenvalue weighted by Crippen LogP contribution is -2.23. The molecule has 0 amide bonds. The van der Waals surface area contributed by atoms with Crippen molar-refractivity contribution < 1.29 is 4.92 Å². The molecule has 1 aromatic carbocycles. The Morgan fingerprint density at radius 3 is 3.06 bits per heavy atom. The molecule has 0 bridgehead atoms. The average Bonchev–Trinajstić information content (AvgIpc) is 2.90. The molecule has 0 radical (unpaired) electrons. The first-order valence-electron chi connectivity index (χ1n) is 6.31. The zero-order valence-corrected chi connectivity index (χ0v) is 10.4. The third-order valence-electron chi connectivity index (χ3n) is 3.41. The van der Waals surface area contributed by atoms with Crippen LogP contribution in [0.3, 0.4) is 0 Å². The maximum atomic E-state index is 10.7. The van der Waals surface area contributed by atoms with Crippen LogP contribution in [0.25, 0.3) is 0 Å². The summed E-state index contributed by atoms with van der Waals surface area (Å²) in [6.45, 7) is 5.18. The summed E-state index contributed by atoms with van der Waals surface area (Å²) in [5.74, 6) is 0. The van der Waals surface area contributed by atoms with Crippen LogP contribution in [0.1, 0.15) is 24.8 Å². The Bertz CT molecular complexity index is 451. The SMILES string of the molecule is C=C(CCc1cccc([N+](=O)[O-])c1)C1CCCN1. The second kappa shape index (κ2) is 5.78. The van der Waals surface area contributed by atoms with Gasteiger partial charge in [0.15, 0.2) is 0 Å². The number of rotatable bonds is 5. The molecule has 1 aromatic rings. The highest BCUT2D eigenvalue weighted by Gasteiger charge is 2.16. The summed E-state index contributed by atoms with van der Waals surface area (Å²) in [5.41, 5.74) is 2.37. The van der Waals surface area contributed by atoms with Gasteiger partial charge >= 0.3 is 0 Å². The number of nitrogens with zero attached hydrogens (tertiary/aromatic N) is 1. The molecule has 4 nitrogen and oxygen atoms in total. The molecular formula is C14H18N2O2. The highest BCUT2D eigenvalue weighted by Crippen LogP contribution is 2.19. The first kappa shape index (κ1) is 12.8. The van der Waals surface area contributed by atoms with Crippen molar-refractivity contribution in [1.29, 1.82) is 0 Å². The standard InChI is InChI=1S/C14H18N2O2/c1-11(14-6-3-9-15-14)7-8-12-4-2-5-13(10-12)16(17)18/h2,4-5,10,14-15H,1,3,6-9H2. The minimum absolute atomic E-state index is 0.164. The van der Waals surface area contributed by atoms with Gasteiger partial charge in [0.1, 0.15) is 0 Å². The van der Waals surface area contributed by atoms with Gasteiger partial charge < -0.3 is 5.32 Å². The van der Waals surface area contributed by atoms with Gasteiger partial charge in [0.2, 0.25) is 0 Å². The monoisotopic (exact) mass is 246 g/mol. The highest BCUT2D eigenvalue weighted by atomic mass is 16.6. The molecule has 4 heteroatoms. The molecule has 0 saturated carbocycles. The third-order valence-corrected chi connectivity index (χ3v) is 3.41. The minimum Gasteiger partial charge on any atom is -0.310 e. The summed E-state index contributed by atoms with van der Waals surface area (Å²) in [6, 6.07) is 7.28. The molecule has 1 aliphatic rings. The zero-order chi connectivity index (χ0) is 13.0. The van der Waals surface area contributed by atoms with Gasteiger partial charge in [-0.15, -0.1) is 0 Å². The summed E-state index contributed by atoms with van der Waals surface area (Å²) in [7, 11) is 0. The number of hydrogen-bond donors (Lipinski definition) is 1. The van der Waals surface area contributed by atoms with E-state index in [2.05, 4.69) is 11.9 Å². The Morgan fingerprint density at radius 2 is 2.39 bits per heavy atom. The van der Waals surface area contributed by atoms with Crippen molar-refractivity contribution in [3.05, 3.63) is 52.1 Å². The van der Waals surface area contributed by atoms with E-state index in [0.29, 0.717) is 6.04 Å². The van der Waals surface area contributed by atoms with Crippen molar-refractivity contribution in [2.75, 3.05) is 6.54 Å². The molecular weight excluding hydrogens is 228 g/mol. The van der Waals surface area contributed by atoms with Crippen LogP contribution >= 0.6 is 0 Å². The topological polar surface area (TPSA) is 55.2 Å². The predicted octanol–water partition coefficient (Wildman–Crippen LogP) is 2.84. The molecule has 2 rings (SSSR count). The van der Waals surface area contributed by atoms with E-state index in [1.165, 1.54) is 18.1 Å². The Kier molecular flexibility index (Phi) is 4.10. The summed E-state index contributed by atoms with van der Waals surface area (Å²) in [4.78, 5) is 10.3. The third kappa shape index (κ3) is 3.17. The molecule has 0 aromatic heterocycles. The van der Waals surface area contributed by atoms with Crippen LogP contribution in [0.4, 0.5) is 5.69 Å². The summed E-state index contributed by atoms with van der Waals surface area (Å²) >= 11 is 0. The summed E-state index contributed by atoms with van der Waals surface area (Å²) < 4.78 is 0. The molecule has 1 heterocycles. The lowest BCUT2D eigenvalue weighted by Gasteiger charge is -2.13. The second-order valence-corrected chi connectivity index (χ2v) is 4.73. The minimum atomic E-state index is -0.350. The van der Waals surface area contributed by atoms with Gasteiger partial charge in [-0.25, -0.2) is 0 Å². The summed E-state index contributed by atoms with van der Waals surface area (Å²) in [5, 5.41) is 14.1. The Morgan fingerprint density at radius 1 is 1.56 bits per heavy atom. The highest BCUT2D eigenvalue weighted by molar-refractivity contribution is 5.34. The Hall–Kier alpha value is -1.68. The van der Waals surface area contributed by atoms with Gasteiger partial charge in [0.25, 0.3) is 5.69 Å². The van der Waals surface area contributed by atoms with Gasteiger partial charge in [0, 0.05) is 18.2 Å². The normalized spacial score (nSPS) is 18.8. The Labute approximate surface area is 107 Å². The van der Waals surface area contributed by atoms with Crippen LogP contribution < -0.4 is 5.32 Å². The lowest BCUT2D eigenvalue weighted by atomic mass is 9.99. The number of nitro groups is 1. The quantitative estimate of drug-likeness (QED) is 0.494. The smallest absolute Gasteiger partial charge is 0.269 e. The molecule has 18 heavy (non-hydrogen) atoms. The number of nitrogens with one attached hydrogen (secondary N) is 1. The van der Waals surface area contributed by atoms with Crippen molar-refractivity contribution in [3.8, 4) is 0 Å². The van der Waals surface area contributed by atoms with E-state index in [1.807, 2.05) is 6.07 Å². The molecule has 1 unspecified atom stereocenters. The van der Waals surface area contributed by atoms with Gasteiger partial charge in [-0.2, -0.15) is 0 Å². The number of benzene rings is 1. The van der Waals surface area contributed by atoms with E-state index in [-0.39, 0.29) is 10.6 Å². The molecule has 0 aliphatic carbocycles. The van der Waals surface area contributed by atoms with Crippen molar-refractivity contribution in [3.63, 3.8) is 0 Å². The van der Waals surface area contributed by atoms with E-state index in [0.717, 1.165) is 31.4 Å². The van der Waals surface area contributed by atoms with Crippen molar-refractivity contribution in [2.24, 2.45) is 0 Å². The molecule has 0 spiro atoms. The van der Waals surface area contributed by atoms with E-state index in [4.69, 9.17) is 0 Å². The number of non-ortho nitro benzene ring substituents is 1. The average molecular weight is 246 g/mol. The summed E-state index contributed by atoms with van der Waals surface area (Å²) in [6.07, 6.45) is 4.08. The van der Waals surface area contributed by atoms with E-state index < -0.39 is 0 Å². The van der Waals surface area contributed by atoms with E-state index >= 15 is 0 Å². The first-order chi connectivity index (χ1) is 8.66. The van der Waals surface area contributed by atoms with Gasteiger partial charge in [-0.05, 0) is 37.8 Å². The van der Waals surface area contributed by atoms with Crippen LogP contribution in [0.2, 0.25) is 0 Å². The second-order valence-electron chi connectivity index (χ2n) is 4.73. The van der Waals surface area contributed by atoms with Gasteiger partial charge in [-0.1, -0.05) is 24.3 Å². The van der Waals surface area contributed by atoms with E-state index in [1.54, 1.807) is 12.1 Å². The fourth-order valence-electron chi connectivity index (χ4n) is 2.34. The van der Waals surface area contributed by atoms with Crippen LogP contribution in [0, 0.1) is 10.1 Å². The fraction of sp³-hybridized carbons (Fsp3) is 0.429. The van der Waals surface area contributed by atoms with Crippen LogP contribution in [-0.2, 0) is 6.42 Å². The van der Waals surface area contributed by atoms with Crippen molar-refractivity contribution in [1.82, 2.24) is 5.32 Å².